The number of nitrogens with two attached hydrogens (primary N) is 2. The lowest BCUT2D eigenvalue weighted by Gasteiger charge is -2.19. The van der Waals surface area contributed by atoms with E-state index in [4.69, 9.17) is 16.9 Å². The molecule has 0 saturated carbocycles. The van der Waals surface area contributed by atoms with Crippen molar-refractivity contribution < 1.29 is 14.4 Å². The van der Waals surface area contributed by atoms with Gasteiger partial charge in [0.15, 0.2) is 0 Å². The first-order chi connectivity index (χ1) is 17.3. The van der Waals surface area contributed by atoms with Gasteiger partial charge in [-0.15, -0.1) is 0 Å². The summed E-state index contributed by atoms with van der Waals surface area (Å²) in [4.78, 5) is 40.5. The van der Waals surface area contributed by atoms with Gasteiger partial charge in [-0.05, 0) is 44.2 Å². The van der Waals surface area contributed by atoms with Crippen LogP contribution in [0, 0.1) is 11.3 Å². The number of carbonyl (C=O) groups is 3. The van der Waals surface area contributed by atoms with Gasteiger partial charge in [0.2, 0.25) is 5.91 Å². The van der Waals surface area contributed by atoms with E-state index in [2.05, 4.69) is 30.2 Å². The summed E-state index contributed by atoms with van der Waals surface area (Å²) < 4.78 is 0. The molecule has 0 aromatic heterocycles. The summed E-state index contributed by atoms with van der Waals surface area (Å²) in [5.74, 6) is -0.150. The van der Waals surface area contributed by atoms with Gasteiger partial charge in [0.05, 0.1) is 5.69 Å². The Morgan fingerprint density at radius 3 is 2.50 bits per heavy atom. The number of amidine groups is 1. The molecular weight excluding hydrogens is 456 g/mol. The lowest BCUT2D eigenvalue weighted by molar-refractivity contribution is -0.137. The van der Waals surface area contributed by atoms with Gasteiger partial charge < -0.3 is 16.8 Å². The Hall–Kier alpha value is -3.59. The lowest BCUT2D eigenvalue weighted by atomic mass is 9.91. The zero-order valence-electron chi connectivity index (χ0n) is 21.3. The molecule has 3 rings (SSSR count). The van der Waals surface area contributed by atoms with E-state index >= 15 is 0 Å². The SMILES string of the molecule is CCC(C/C=C1/C(=N)C(N)=Nc2ccccc21)CCNC(=O)CCCN1C(=O)C=CC1=O.CCCN. The first kappa shape index (κ1) is 28.6. The Kier molecular flexibility index (Phi) is 11.7. The predicted molar refractivity (Wildman–Crippen MR) is 144 cm³/mol. The largest absolute Gasteiger partial charge is 0.382 e. The Labute approximate surface area is 213 Å². The zero-order chi connectivity index (χ0) is 26.5. The first-order valence-corrected chi connectivity index (χ1v) is 12.6. The number of allylic oxidation sites excluding steroid dienone is 1. The normalized spacial score (nSPS) is 16.4. The first-order valence-electron chi connectivity index (χ1n) is 12.6. The molecule has 1 unspecified atom stereocenters. The molecule has 1 aromatic rings. The lowest BCUT2D eigenvalue weighted by Crippen LogP contribution is -2.32. The molecular formula is C27H38N6O3. The predicted octanol–water partition coefficient (Wildman–Crippen LogP) is 3.07. The summed E-state index contributed by atoms with van der Waals surface area (Å²) in [6.07, 6.45) is 8.90. The minimum absolute atomic E-state index is 0.0859. The van der Waals surface area contributed by atoms with Gasteiger partial charge in [-0.3, -0.25) is 24.7 Å². The number of para-hydroxylation sites is 1. The summed E-state index contributed by atoms with van der Waals surface area (Å²) in [5, 5.41) is 11.2. The van der Waals surface area contributed by atoms with E-state index in [0.717, 1.165) is 54.0 Å². The highest BCUT2D eigenvalue weighted by Gasteiger charge is 2.23. The van der Waals surface area contributed by atoms with Crippen LogP contribution in [0.4, 0.5) is 5.69 Å². The Bertz CT molecular complexity index is 1020. The van der Waals surface area contributed by atoms with E-state index in [1.807, 2.05) is 24.3 Å². The van der Waals surface area contributed by atoms with Crippen LogP contribution in [0.5, 0.6) is 0 Å². The smallest absolute Gasteiger partial charge is 0.253 e. The molecule has 1 atom stereocenters. The quantitative estimate of drug-likeness (QED) is 0.348. The number of fused-ring (bicyclic) bond motifs is 1. The number of aliphatic imine (C=N–C) groups is 1. The van der Waals surface area contributed by atoms with Crippen molar-refractivity contribution in [2.45, 2.75) is 52.4 Å². The van der Waals surface area contributed by atoms with Crippen molar-refractivity contribution in [3.63, 3.8) is 0 Å². The van der Waals surface area contributed by atoms with Gasteiger partial charge >= 0.3 is 0 Å². The van der Waals surface area contributed by atoms with Crippen LogP contribution in [-0.2, 0) is 14.4 Å². The van der Waals surface area contributed by atoms with Crippen LogP contribution in [0.1, 0.15) is 57.9 Å². The van der Waals surface area contributed by atoms with E-state index in [0.29, 0.717) is 18.9 Å². The topological polar surface area (TPSA) is 155 Å². The Morgan fingerprint density at radius 1 is 1.19 bits per heavy atom. The molecule has 3 amide bonds. The van der Waals surface area contributed by atoms with E-state index in [9.17, 15) is 14.4 Å². The van der Waals surface area contributed by atoms with Gasteiger partial charge in [-0.1, -0.05) is 44.5 Å². The van der Waals surface area contributed by atoms with E-state index < -0.39 is 0 Å². The van der Waals surface area contributed by atoms with Crippen LogP contribution in [0.3, 0.4) is 0 Å². The van der Waals surface area contributed by atoms with E-state index in [1.54, 1.807) is 0 Å². The summed E-state index contributed by atoms with van der Waals surface area (Å²) >= 11 is 0. The summed E-state index contributed by atoms with van der Waals surface area (Å²) in [6.45, 7) is 5.80. The second-order valence-electron chi connectivity index (χ2n) is 8.71. The molecule has 36 heavy (non-hydrogen) atoms. The number of amides is 3. The molecule has 2 aliphatic rings. The summed E-state index contributed by atoms with van der Waals surface area (Å²) in [5.41, 5.74) is 13.7. The molecule has 1 aromatic carbocycles. The second kappa shape index (κ2) is 14.7. The van der Waals surface area contributed by atoms with E-state index in [1.165, 1.54) is 12.2 Å². The maximum atomic E-state index is 12.1. The van der Waals surface area contributed by atoms with Gasteiger partial charge in [0, 0.05) is 42.8 Å². The highest BCUT2D eigenvalue weighted by Crippen LogP contribution is 2.32. The fourth-order valence-corrected chi connectivity index (χ4v) is 3.80. The summed E-state index contributed by atoms with van der Waals surface area (Å²) in [7, 11) is 0. The number of imide groups is 1. The molecule has 194 valence electrons. The van der Waals surface area contributed by atoms with Crippen molar-refractivity contribution in [1.82, 2.24) is 10.2 Å². The van der Waals surface area contributed by atoms with Crippen molar-refractivity contribution in [2.75, 3.05) is 19.6 Å². The van der Waals surface area contributed by atoms with Crippen molar-refractivity contribution in [1.29, 1.82) is 5.41 Å². The average molecular weight is 495 g/mol. The van der Waals surface area contributed by atoms with Crippen LogP contribution >= 0.6 is 0 Å². The number of rotatable bonds is 11. The maximum absolute atomic E-state index is 12.1. The number of nitrogens with one attached hydrogen (secondary N) is 2. The van der Waals surface area contributed by atoms with Crippen LogP contribution < -0.4 is 16.8 Å². The number of carbonyl (C=O) groups excluding carboxylic acids is 3. The molecule has 0 bridgehead atoms. The fourth-order valence-electron chi connectivity index (χ4n) is 3.80. The van der Waals surface area contributed by atoms with Crippen molar-refractivity contribution in [3.8, 4) is 0 Å². The molecule has 2 aliphatic heterocycles. The minimum Gasteiger partial charge on any atom is -0.382 e. The number of benzene rings is 1. The number of nitrogens with zero attached hydrogens (tertiary/aromatic N) is 2. The molecule has 0 spiro atoms. The third kappa shape index (κ3) is 8.27. The number of hydrogen-bond acceptors (Lipinski definition) is 7. The van der Waals surface area contributed by atoms with Gasteiger partial charge in [0.1, 0.15) is 11.5 Å². The molecule has 6 N–H and O–H groups in total. The highest BCUT2D eigenvalue weighted by atomic mass is 16.2. The zero-order valence-corrected chi connectivity index (χ0v) is 21.3. The van der Waals surface area contributed by atoms with Crippen LogP contribution in [-0.4, -0.2) is 53.8 Å². The van der Waals surface area contributed by atoms with E-state index in [-0.39, 0.29) is 42.2 Å². The average Bonchev–Trinajstić information content (AvgIpc) is 3.20. The Balaban J connectivity index is 0.00000106. The van der Waals surface area contributed by atoms with Crippen LogP contribution in [0.15, 0.2) is 47.5 Å². The second-order valence-corrected chi connectivity index (χ2v) is 8.71. The van der Waals surface area contributed by atoms with Crippen molar-refractivity contribution in [3.05, 3.63) is 48.1 Å². The molecule has 9 nitrogen and oxygen atoms in total. The third-order valence-corrected chi connectivity index (χ3v) is 6.04. The van der Waals surface area contributed by atoms with Crippen molar-refractivity contribution in [2.24, 2.45) is 22.4 Å². The molecule has 0 fully saturated rings. The standard InChI is InChI=1S/C24H29N5O3.C3H9N/c1-2-16(9-10-18-17-6-3-4-7-19(17)28-24(26)23(18)25)13-14-27-20(30)8-5-15-29-21(31)11-12-22(29)32;1-2-3-4/h3-4,6-7,10-12,16,25H,2,5,8-9,13-15H2,1H3,(H2,26,28)(H,27,30);2-4H2,1H3/b18-10+,25-23?;. The monoisotopic (exact) mass is 494 g/mol. The molecule has 0 saturated heterocycles. The molecule has 0 aliphatic carbocycles. The highest BCUT2D eigenvalue weighted by molar-refractivity contribution is 6.57. The van der Waals surface area contributed by atoms with Gasteiger partial charge in [-0.25, -0.2) is 4.99 Å². The molecule has 0 radical (unpaired) electrons. The minimum atomic E-state index is -0.322. The van der Waals surface area contributed by atoms with Crippen molar-refractivity contribution >= 4 is 40.5 Å². The molecule has 9 heteroatoms. The third-order valence-electron chi connectivity index (χ3n) is 6.04. The number of hydrogen-bond donors (Lipinski definition) is 4. The molecule has 2 heterocycles. The maximum Gasteiger partial charge on any atom is 0.253 e. The Morgan fingerprint density at radius 2 is 1.86 bits per heavy atom. The van der Waals surface area contributed by atoms with Gasteiger partial charge in [-0.2, -0.15) is 0 Å². The van der Waals surface area contributed by atoms with Crippen LogP contribution in [0.25, 0.3) is 5.57 Å². The van der Waals surface area contributed by atoms with Gasteiger partial charge in [0.25, 0.3) is 11.8 Å². The fraction of sp³-hybridized carbons (Fsp3) is 0.444. The summed E-state index contributed by atoms with van der Waals surface area (Å²) in [6, 6.07) is 7.67. The van der Waals surface area contributed by atoms with Crippen LogP contribution in [0.2, 0.25) is 0 Å².